The summed E-state index contributed by atoms with van der Waals surface area (Å²) in [6.45, 7) is 116. The molecule has 0 aliphatic rings. The number of hydrogen-bond acceptors (Lipinski definition) is 22. The Morgan fingerprint density at radius 1 is 0.226 bits per heavy atom. The molecule has 0 aliphatic carbocycles. The molecule has 146 heavy (non-hydrogen) atoms. The van der Waals surface area contributed by atoms with Gasteiger partial charge in [-0.15, -0.1) is 34.0 Å². The van der Waals surface area contributed by atoms with Crippen LogP contribution in [0.2, 0.25) is 0 Å². The van der Waals surface area contributed by atoms with E-state index in [0.717, 1.165) is 40.3 Å². The van der Waals surface area contributed by atoms with Crippen LogP contribution in [0.1, 0.15) is 549 Å². The first-order valence-electron chi connectivity index (χ1n) is 54.8. The molecule has 0 aromatic carbocycles. The van der Waals surface area contributed by atoms with Crippen LogP contribution in [0.25, 0.3) is 0 Å². The molecule has 19 nitrogen and oxygen atoms in total. The third kappa shape index (κ3) is 105. The van der Waals surface area contributed by atoms with Crippen LogP contribution >= 0.6 is 34.0 Å². The molecule has 0 saturated heterocycles. The standard InChI is InChI=1S/4C8H11N.2C7H10N2.2C7H10O.3C6H9NO.3C6H9NS.14C2H6/c1-7(2)8-3-5-9-6-4-8;2*1-7(2)8-4-3-5-9-6-8;1-7(2)8-5-3-4-6-9-8;1-6(2)7-5-8-3-4-9-7;1-6(2)7-8-4-3-5-9-7;1-6(2)7-3-4-8-5-7;1-6(2)7-4-3-5-8-7;1-5(2)6-3-8-4-7-6;1-5(2)6-3-7-4-8-6;1-5(2)6-7-3-4-8-6;1-5(2)6-3-8-4-7-6;1-5(2)6-3-7-4-8-6;1-5(2)6-7-3-4-8-6;14*1-2/h4*3-7H,1-2H3;2*3-6H,1-2H3;2*3-6H,1-2H3;6*3-5H,1-2H3;14*1-2H3. The van der Waals surface area contributed by atoms with E-state index in [4.69, 9.17) is 22.1 Å². The summed E-state index contributed by atoms with van der Waals surface area (Å²) < 4.78 is 24.7. The first-order chi connectivity index (χ1) is 70.3. The van der Waals surface area contributed by atoms with Crippen molar-refractivity contribution < 1.29 is 22.1 Å². The third-order valence-corrected chi connectivity index (χ3v) is 18.7. The minimum Gasteiger partial charge on any atom is -0.472 e. The summed E-state index contributed by atoms with van der Waals surface area (Å²) in [4.78, 5) is 57.6. The summed E-state index contributed by atoms with van der Waals surface area (Å²) in [7, 11) is 0. The van der Waals surface area contributed by atoms with Crippen LogP contribution in [0.15, 0.2) is 266 Å². The number of aromatic nitrogens is 14. The van der Waals surface area contributed by atoms with E-state index in [1.165, 1.54) is 50.6 Å². The maximum absolute atomic E-state index is 5.09. The maximum Gasteiger partial charge on any atom is 0.196 e. The molecule has 0 N–H and O–H groups in total. The molecule has 0 atom stereocenters. The van der Waals surface area contributed by atoms with Crippen molar-refractivity contribution in [2.45, 2.75) is 471 Å². The Morgan fingerprint density at radius 3 is 0.918 bits per heavy atom. The fraction of sp³-hybridized carbons (Fsp3) is 0.565. The minimum absolute atomic E-state index is 0.407. The van der Waals surface area contributed by atoms with Crippen LogP contribution < -0.4 is 0 Å². The van der Waals surface area contributed by atoms with Gasteiger partial charge in [0.05, 0.1) is 64.3 Å². The van der Waals surface area contributed by atoms with Gasteiger partial charge in [-0.1, -0.05) is 406 Å². The van der Waals surface area contributed by atoms with E-state index < -0.39 is 0 Å². The van der Waals surface area contributed by atoms with Gasteiger partial charge in [-0.3, -0.25) is 34.9 Å². The Balaban J connectivity index is -0.000000105. The molecule has 22 heteroatoms. The summed E-state index contributed by atoms with van der Waals surface area (Å²) in [6, 6.07) is 25.9. The maximum atomic E-state index is 5.09. The van der Waals surface area contributed by atoms with E-state index >= 15 is 0 Å². The topological polar surface area (TPSA) is 246 Å². The quantitative estimate of drug-likeness (QED) is 0.0981. The molecule has 0 aliphatic heterocycles. The molecule has 836 valence electrons. The van der Waals surface area contributed by atoms with Crippen molar-refractivity contribution in [3.05, 3.63) is 322 Å². The summed E-state index contributed by atoms with van der Waals surface area (Å²) >= 11 is 5.10. The average Bonchev–Trinajstić information content (AvgIpc) is 1.87. The lowest BCUT2D eigenvalue weighted by atomic mass is 10.1. The van der Waals surface area contributed by atoms with Gasteiger partial charge >= 0.3 is 0 Å². The molecule has 0 saturated carbocycles. The van der Waals surface area contributed by atoms with Gasteiger partial charge in [0.15, 0.2) is 18.7 Å². The highest BCUT2D eigenvalue weighted by atomic mass is 32.1. The van der Waals surface area contributed by atoms with E-state index in [1.807, 2.05) is 334 Å². The molecule has 14 heterocycles. The summed E-state index contributed by atoms with van der Waals surface area (Å²) in [5.74, 6) is 11.3. The number of thiazole rings is 3. The third-order valence-electron chi connectivity index (χ3n) is 16.0. The Bertz CT molecular complexity index is 3540. The average molecular weight is 2090 g/mol. The molecule has 0 fully saturated rings. The number of hydrogen-bond donors (Lipinski definition) is 0. The van der Waals surface area contributed by atoms with Crippen LogP contribution in [0, 0.1) is 0 Å². The van der Waals surface area contributed by atoms with Crippen molar-refractivity contribution in [1.29, 1.82) is 0 Å². The van der Waals surface area contributed by atoms with E-state index in [1.54, 1.807) is 121 Å². The molecule has 0 radical (unpaired) electrons. The van der Waals surface area contributed by atoms with E-state index in [-0.39, 0.29) is 0 Å². The van der Waals surface area contributed by atoms with Crippen LogP contribution in [-0.2, 0) is 0 Å². The fourth-order valence-electron chi connectivity index (χ4n) is 8.42. The van der Waals surface area contributed by atoms with Gasteiger partial charge in [-0.2, -0.15) is 0 Å². The van der Waals surface area contributed by atoms with Crippen molar-refractivity contribution in [3.63, 3.8) is 0 Å². The number of oxazole rings is 3. The zero-order valence-electron chi connectivity index (χ0n) is 104. The van der Waals surface area contributed by atoms with Crippen molar-refractivity contribution in [1.82, 2.24) is 69.8 Å². The second-order valence-electron chi connectivity index (χ2n) is 31.0. The van der Waals surface area contributed by atoms with Crippen molar-refractivity contribution in [2.75, 3.05) is 0 Å². The smallest absolute Gasteiger partial charge is 0.196 e. The lowest BCUT2D eigenvalue weighted by molar-refractivity contribution is 0.471. The second-order valence-corrected chi connectivity index (χ2v) is 33.5. The highest BCUT2D eigenvalue weighted by Crippen LogP contribution is 2.21. The van der Waals surface area contributed by atoms with Crippen molar-refractivity contribution in [3.8, 4) is 0 Å². The van der Waals surface area contributed by atoms with E-state index in [2.05, 4.69) is 267 Å². The number of rotatable bonds is 14. The fourth-order valence-corrected chi connectivity index (χ4v) is 10.4. The number of nitrogens with zero attached hydrogens (tertiary/aromatic N) is 14. The van der Waals surface area contributed by atoms with Crippen LogP contribution in [0.5, 0.6) is 0 Å². The Kier molecular flexibility index (Phi) is 149. The van der Waals surface area contributed by atoms with Crippen molar-refractivity contribution in [2.24, 2.45) is 0 Å². The largest absolute Gasteiger partial charge is 0.472 e. The summed E-state index contributed by atoms with van der Waals surface area (Å²) in [5, 5.41) is 5.32. The molecular formula is C124H222N14O5S3. The first-order valence-corrected chi connectivity index (χ1v) is 57.5. The molecule has 0 amide bonds. The number of pyridine rings is 4. The minimum atomic E-state index is 0.407. The van der Waals surface area contributed by atoms with E-state index in [9.17, 15) is 0 Å². The lowest BCUT2D eigenvalue weighted by Gasteiger charge is -2.01. The Labute approximate surface area is 912 Å². The molecular weight excluding hydrogens is 1860 g/mol. The predicted octanol–water partition coefficient (Wildman–Crippen LogP) is 43.4. The van der Waals surface area contributed by atoms with Gasteiger partial charge in [0.25, 0.3) is 0 Å². The van der Waals surface area contributed by atoms with Gasteiger partial charge in [0, 0.05) is 138 Å². The van der Waals surface area contributed by atoms with Gasteiger partial charge in [0.1, 0.15) is 29.9 Å². The van der Waals surface area contributed by atoms with Gasteiger partial charge in [0.2, 0.25) is 0 Å². The monoisotopic (exact) mass is 2080 g/mol. The van der Waals surface area contributed by atoms with Crippen LogP contribution in [0.3, 0.4) is 0 Å². The highest BCUT2D eigenvalue weighted by molar-refractivity contribution is 7.10. The Hall–Kier alpha value is -10.2. The van der Waals surface area contributed by atoms with Crippen molar-refractivity contribution >= 4 is 34.0 Å². The Morgan fingerprint density at radius 2 is 0.705 bits per heavy atom. The lowest BCUT2D eigenvalue weighted by Crippen LogP contribution is -1.93. The zero-order valence-corrected chi connectivity index (χ0v) is 106. The van der Waals surface area contributed by atoms with Crippen LogP contribution in [-0.4, -0.2) is 69.8 Å². The predicted molar refractivity (Wildman–Crippen MR) is 650 cm³/mol. The van der Waals surface area contributed by atoms with E-state index in [0.29, 0.717) is 82.9 Å². The number of furan rings is 2. The highest BCUT2D eigenvalue weighted by Gasteiger charge is 2.06. The van der Waals surface area contributed by atoms with Gasteiger partial charge in [-0.25, -0.2) is 34.9 Å². The second kappa shape index (κ2) is 131. The zero-order chi connectivity index (χ0) is 116. The molecule has 14 aromatic rings. The summed E-state index contributed by atoms with van der Waals surface area (Å²) in [6.07, 6.45) is 40.2. The molecule has 0 bridgehead atoms. The molecule has 14 aromatic heterocycles. The summed E-state index contributed by atoms with van der Waals surface area (Å²) in [5.41, 5.74) is 13.4. The molecule has 14 rings (SSSR count). The van der Waals surface area contributed by atoms with Gasteiger partial charge < -0.3 is 22.1 Å². The molecule has 0 unspecified atom stereocenters. The molecule has 0 spiro atoms. The first kappa shape index (κ1) is 166. The SMILES string of the molecule is CC.CC.CC.CC.CC.CC.CC.CC.CC.CC.CC.CC.CC.CC.CC(C)c1ccccn1.CC(C)c1cccnc1.CC(C)c1cccnc1.CC(C)c1ccco1.CC(C)c1ccncc1.CC(C)c1ccoc1.CC(C)c1cnccn1.CC(C)c1cnco1.CC(C)c1cncs1.CC(C)c1cocn1.CC(C)c1cscn1.CC(C)c1ncccn1.CC(C)c1ncco1.CC(C)c1nccs1. The normalized spacial score (nSPS) is 8.86. The van der Waals surface area contributed by atoms with Crippen LogP contribution in [0.4, 0.5) is 0 Å². The van der Waals surface area contributed by atoms with Gasteiger partial charge in [-0.05, 0) is 136 Å².